The van der Waals surface area contributed by atoms with Crippen LogP contribution in [0.25, 0.3) is 0 Å². The van der Waals surface area contributed by atoms with Crippen LogP contribution in [0.2, 0.25) is 0 Å². The average Bonchev–Trinajstić information content (AvgIpc) is 2.61. The van der Waals surface area contributed by atoms with Crippen LogP contribution in [0.15, 0.2) is 41.3 Å². The molecule has 8 heteroatoms. The van der Waals surface area contributed by atoms with E-state index in [9.17, 15) is 22.0 Å². The van der Waals surface area contributed by atoms with Crippen molar-refractivity contribution in [3.05, 3.63) is 59.2 Å². The molecule has 2 aromatic carbocycles. The van der Waals surface area contributed by atoms with Gasteiger partial charge in [-0.25, -0.2) is 17.2 Å². The van der Waals surface area contributed by atoms with Crippen LogP contribution in [0.4, 0.5) is 14.5 Å². The molecule has 0 bridgehead atoms. The number of benzene rings is 2. The lowest BCUT2D eigenvalue weighted by Gasteiger charge is -2.32. The molecule has 0 aromatic heterocycles. The van der Waals surface area contributed by atoms with Gasteiger partial charge >= 0.3 is 0 Å². The molecule has 1 aliphatic rings. The van der Waals surface area contributed by atoms with E-state index >= 15 is 0 Å². The van der Waals surface area contributed by atoms with E-state index in [4.69, 9.17) is 0 Å². The number of rotatable bonds is 4. The monoisotopic (exact) mass is 408 g/mol. The van der Waals surface area contributed by atoms with E-state index in [1.807, 2.05) is 6.92 Å². The number of hydrogen-bond acceptors (Lipinski definition) is 3. The summed E-state index contributed by atoms with van der Waals surface area (Å²) in [6.07, 6.45) is 2.58. The van der Waals surface area contributed by atoms with E-state index in [2.05, 4.69) is 5.32 Å². The summed E-state index contributed by atoms with van der Waals surface area (Å²) >= 11 is 0. The van der Waals surface area contributed by atoms with Crippen LogP contribution in [0.3, 0.4) is 0 Å². The maximum absolute atomic E-state index is 13.3. The number of sulfonamides is 1. The highest BCUT2D eigenvalue weighted by atomic mass is 32.2. The van der Waals surface area contributed by atoms with Crippen molar-refractivity contribution in [2.45, 2.75) is 44.0 Å². The van der Waals surface area contributed by atoms with Crippen LogP contribution in [0, 0.1) is 18.6 Å². The summed E-state index contributed by atoms with van der Waals surface area (Å²) in [4.78, 5) is 12.6. The second-order valence-corrected chi connectivity index (χ2v) is 8.94. The van der Waals surface area contributed by atoms with E-state index in [1.54, 1.807) is 13.0 Å². The van der Waals surface area contributed by atoms with E-state index in [0.717, 1.165) is 31.4 Å². The second-order valence-electron chi connectivity index (χ2n) is 7.05. The molecule has 1 unspecified atom stereocenters. The van der Waals surface area contributed by atoms with Gasteiger partial charge in [-0.15, -0.1) is 0 Å². The first-order chi connectivity index (χ1) is 13.2. The number of amides is 1. The molecule has 3 rings (SSSR count). The van der Waals surface area contributed by atoms with Gasteiger partial charge in [-0.05, 0) is 56.5 Å². The van der Waals surface area contributed by atoms with Gasteiger partial charge < -0.3 is 5.32 Å². The fraction of sp³-hybridized carbons (Fsp3) is 0.350. The summed E-state index contributed by atoms with van der Waals surface area (Å²) in [5.74, 6) is -2.27. The van der Waals surface area contributed by atoms with Crippen LogP contribution in [-0.4, -0.2) is 31.2 Å². The molecule has 0 spiro atoms. The average molecular weight is 408 g/mol. The first-order valence-corrected chi connectivity index (χ1v) is 10.5. The Morgan fingerprint density at radius 2 is 1.79 bits per heavy atom. The summed E-state index contributed by atoms with van der Waals surface area (Å²) < 4.78 is 54.2. The Labute approximate surface area is 163 Å². The highest BCUT2D eigenvalue weighted by Crippen LogP contribution is 2.27. The molecule has 0 saturated carbocycles. The van der Waals surface area contributed by atoms with Crippen LogP contribution >= 0.6 is 0 Å². The van der Waals surface area contributed by atoms with Gasteiger partial charge in [0.1, 0.15) is 11.6 Å². The van der Waals surface area contributed by atoms with Crippen LogP contribution < -0.4 is 5.32 Å². The Morgan fingerprint density at radius 3 is 2.43 bits per heavy atom. The summed E-state index contributed by atoms with van der Waals surface area (Å²) in [5, 5.41) is 2.42. The maximum atomic E-state index is 13.3. The molecule has 1 aliphatic heterocycles. The Morgan fingerprint density at radius 1 is 1.11 bits per heavy atom. The third-order valence-electron chi connectivity index (χ3n) is 4.92. The molecule has 0 aliphatic carbocycles. The second kappa shape index (κ2) is 7.97. The molecule has 1 heterocycles. The first-order valence-electron chi connectivity index (χ1n) is 9.08. The van der Waals surface area contributed by atoms with Gasteiger partial charge in [0.15, 0.2) is 0 Å². The number of carbonyl (C=O) groups excluding carboxylic acids is 1. The number of halogens is 2. The number of nitrogens with one attached hydrogen (secondary N) is 1. The fourth-order valence-electron chi connectivity index (χ4n) is 3.39. The third kappa shape index (κ3) is 4.23. The Balaban J connectivity index is 1.91. The number of nitrogens with zero attached hydrogens (tertiary/aromatic N) is 1. The minimum atomic E-state index is -3.74. The highest BCUT2D eigenvalue weighted by molar-refractivity contribution is 7.89. The van der Waals surface area contributed by atoms with Crippen molar-refractivity contribution in [1.82, 2.24) is 4.31 Å². The molecule has 28 heavy (non-hydrogen) atoms. The minimum absolute atomic E-state index is 0.0300. The Hall–Kier alpha value is -2.32. The number of piperidine rings is 1. The topological polar surface area (TPSA) is 66.5 Å². The number of aryl methyl sites for hydroxylation is 1. The van der Waals surface area contributed by atoms with Gasteiger partial charge in [-0.2, -0.15) is 4.31 Å². The largest absolute Gasteiger partial charge is 0.322 e. The summed E-state index contributed by atoms with van der Waals surface area (Å²) in [6.45, 7) is 3.99. The molecule has 1 amide bonds. The van der Waals surface area contributed by atoms with Crippen LogP contribution in [0.1, 0.15) is 42.1 Å². The maximum Gasteiger partial charge on any atom is 0.255 e. The molecule has 2 aromatic rings. The smallest absolute Gasteiger partial charge is 0.255 e. The minimum Gasteiger partial charge on any atom is -0.322 e. The summed E-state index contributed by atoms with van der Waals surface area (Å²) in [5.41, 5.74) is 0.648. The fourth-order valence-corrected chi connectivity index (χ4v) is 5.12. The van der Waals surface area contributed by atoms with Gasteiger partial charge in [-0.3, -0.25) is 4.79 Å². The molecule has 0 radical (unpaired) electrons. The standard InChI is InChI=1S/C20H22F2N2O3S/c1-13-6-7-18(28(26,27)24-8-4-3-5-14(24)2)12-19(13)20(25)23-17-10-15(21)9-16(22)11-17/h6-7,9-12,14H,3-5,8H2,1-2H3,(H,23,25). The van der Waals surface area contributed by atoms with Gasteiger partial charge in [-0.1, -0.05) is 12.5 Å². The SMILES string of the molecule is Cc1ccc(S(=O)(=O)N2CCCCC2C)cc1C(=O)Nc1cc(F)cc(F)c1. The van der Waals surface area contributed by atoms with E-state index in [-0.39, 0.29) is 22.2 Å². The normalized spacial score (nSPS) is 18.1. The molecule has 1 N–H and O–H groups in total. The lowest BCUT2D eigenvalue weighted by Crippen LogP contribution is -2.42. The number of carbonyl (C=O) groups is 1. The van der Waals surface area contributed by atoms with Gasteiger partial charge in [0.05, 0.1) is 4.90 Å². The van der Waals surface area contributed by atoms with Gasteiger partial charge in [0.2, 0.25) is 10.0 Å². The third-order valence-corrected chi connectivity index (χ3v) is 6.93. The van der Waals surface area contributed by atoms with E-state index in [1.165, 1.54) is 16.4 Å². The van der Waals surface area contributed by atoms with Crippen molar-refractivity contribution in [2.24, 2.45) is 0 Å². The van der Waals surface area contributed by atoms with Gasteiger partial charge in [0, 0.05) is 29.9 Å². The summed E-state index contributed by atoms with van der Waals surface area (Å²) in [7, 11) is -3.74. The van der Waals surface area contributed by atoms with Crippen molar-refractivity contribution >= 4 is 21.6 Å². The first kappa shape index (κ1) is 20.4. The van der Waals surface area contributed by atoms with E-state index < -0.39 is 27.6 Å². The predicted octanol–water partition coefficient (Wildman–Crippen LogP) is 4.09. The molecule has 1 fully saturated rings. The lowest BCUT2D eigenvalue weighted by molar-refractivity contribution is 0.102. The zero-order chi connectivity index (χ0) is 20.5. The van der Waals surface area contributed by atoms with Crippen LogP contribution in [-0.2, 0) is 10.0 Å². The van der Waals surface area contributed by atoms with Crippen molar-refractivity contribution in [2.75, 3.05) is 11.9 Å². The van der Waals surface area contributed by atoms with Crippen LogP contribution in [0.5, 0.6) is 0 Å². The highest BCUT2D eigenvalue weighted by Gasteiger charge is 2.31. The Kier molecular flexibility index (Phi) is 5.81. The molecule has 150 valence electrons. The molecular weight excluding hydrogens is 386 g/mol. The van der Waals surface area contributed by atoms with Crippen molar-refractivity contribution < 1.29 is 22.0 Å². The van der Waals surface area contributed by atoms with E-state index in [0.29, 0.717) is 18.2 Å². The van der Waals surface area contributed by atoms with Crippen molar-refractivity contribution in [1.29, 1.82) is 0 Å². The van der Waals surface area contributed by atoms with Gasteiger partial charge in [0.25, 0.3) is 5.91 Å². The zero-order valence-corrected chi connectivity index (χ0v) is 16.5. The Bertz CT molecular complexity index is 988. The molecule has 1 atom stereocenters. The van der Waals surface area contributed by atoms with Crippen molar-refractivity contribution in [3.63, 3.8) is 0 Å². The van der Waals surface area contributed by atoms with Crippen molar-refractivity contribution in [3.8, 4) is 0 Å². The molecule has 1 saturated heterocycles. The quantitative estimate of drug-likeness (QED) is 0.829. The number of hydrogen-bond donors (Lipinski definition) is 1. The zero-order valence-electron chi connectivity index (χ0n) is 15.7. The molecular formula is C20H22F2N2O3S. The molecule has 5 nitrogen and oxygen atoms in total. The lowest BCUT2D eigenvalue weighted by atomic mass is 10.1. The number of anilines is 1. The predicted molar refractivity (Wildman–Crippen MR) is 103 cm³/mol. The summed E-state index contributed by atoms with van der Waals surface area (Å²) in [6, 6.07) is 6.93.